The molecule has 0 spiro atoms. The number of carboxylic acid groups (broad SMARTS) is 1. The molecule has 1 aliphatic rings. The summed E-state index contributed by atoms with van der Waals surface area (Å²) in [5.41, 5.74) is 4.82. The van der Waals surface area contributed by atoms with Crippen molar-refractivity contribution >= 4 is 47.0 Å². The van der Waals surface area contributed by atoms with Gasteiger partial charge < -0.3 is 30.8 Å². The fourth-order valence-electron chi connectivity index (χ4n) is 5.58. The Morgan fingerprint density at radius 2 is 1.45 bits per heavy atom. The number of methoxy groups -OCH3 is 1. The molecule has 0 radical (unpaired) electrons. The monoisotopic (exact) mass is 634 g/mol. The molecule has 11 nitrogen and oxygen atoms in total. The van der Waals surface area contributed by atoms with Crippen molar-refractivity contribution in [2.24, 2.45) is 0 Å². The third-order valence-electron chi connectivity index (χ3n) is 8.02. The summed E-state index contributed by atoms with van der Waals surface area (Å²) in [6.45, 7) is 3.39. The molecular formula is C36H34N4O7. The molecule has 5 rings (SSSR count). The number of rotatable bonds is 11. The lowest BCUT2D eigenvalue weighted by atomic mass is 10.0. The Hall–Kier alpha value is -5.97. The van der Waals surface area contributed by atoms with Gasteiger partial charge in [0.2, 0.25) is 0 Å². The van der Waals surface area contributed by atoms with Crippen molar-refractivity contribution in [1.29, 1.82) is 0 Å². The van der Waals surface area contributed by atoms with Gasteiger partial charge in [-0.05, 0) is 54.8 Å². The van der Waals surface area contributed by atoms with Gasteiger partial charge in [-0.15, -0.1) is 0 Å². The van der Waals surface area contributed by atoms with Gasteiger partial charge in [0, 0.05) is 41.0 Å². The molecule has 47 heavy (non-hydrogen) atoms. The zero-order valence-corrected chi connectivity index (χ0v) is 26.0. The van der Waals surface area contributed by atoms with Gasteiger partial charge in [0.05, 0.1) is 18.2 Å². The van der Waals surface area contributed by atoms with E-state index in [9.17, 15) is 29.1 Å². The van der Waals surface area contributed by atoms with Crippen molar-refractivity contribution in [3.05, 3.63) is 124 Å². The van der Waals surface area contributed by atoms with E-state index in [0.717, 1.165) is 11.1 Å². The number of benzene rings is 3. The van der Waals surface area contributed by atoms with Crippen molar-refractivity contribution in [2.45, 2.75) is 38.8 Å². The molecule has 5 N–H and O–H groups in total. The van der Waals surface area contributed by atoms with Crippen LogP contribution in [0.25, 0.3) is 11.6 Å². The van der Waals surface area contributed by atoms with Gasteiger partial charge in [-0.3, -0.25) is 14.4 Å². The first-order chi connectivity index (χ1) is 22.5. The van der Waals surface area contributed by atoms with E-state index in [1.54, 1.807) is 62.4 Å². The number of carbonyl (C=O) groups excluding carboxylic acids is 4. The SMILES string of the molecule is COC(=O)C(Cc1ccccc1)NC(=O)c1ccc2c(c1)/C(=C/c1[nH]c(C)c(C(=O)N[C@H](Cc3ccccc3)C(=O)O)c1C)C(=O)N2. The fourth-order valence-corrected chi connectivity index (χ4v) is 5.58. The smallest absolute Gasteiger partial charge is 0.328 e. The van der Waals surface area contributed by atoms with Crippen LogP contribution in [0.4, 0.5) is 5.69 Å². The summed E-state index contributed by atoms with van der Waals surface area (Å²) in [6, 6.07) is 20.9. The molecule has 2 heterocycles. The number of aromatic amines is 1. The summed E-state index contributed by atoms with van der Waals surface area (Å²) in [4.78, 5) is 67.3. The predicted molar refractivity (Wildman–Crippen MR) is 176 cm³/mol. The van der Waals surface area contributed by atoms with Crippen LogP contribution in [0.5, 0.6) is 0 Å². The number of nitrogens with one attached hydrogen (secondary N) is 4. The molecule has 2 atom stereocenters. The largest absolute Gasteiger partial charge is 0.480 e. The van der Waals surface area contributed by atoms with E-state index in [1.807, 2.05) is 36.4 Å². The van der Waals surface area contributed by atoms with E-state index < -0.39 is 41.7 Å². The maximum Gasteiger partial charge on any atom is 0.328 e. The van der Waals surface area contributed by atoms with Crippen LogP contribution in [0.3, 0.4) is 0 Å². The molecule has 3 aromatic carbocycles. The number of carboxylic acids is 1. The highest BCUT2D eigenvalue weighted by atomic mass is 16.5. The molecule has 0 bridgehead atoms. The maximum absolute atomic E-state index is 13.3. The van der Waals surface area contributed by atoms with E-state index in [1.165, 1.54) is 7.11 Å². The van der Waals surface area contributed by atoms with Gasteiger partial charge >= 0.3 is 11.9 Å². The average Bonchev–Trinajstić information content (AvgIpc) is 3.53. The molecule has 0 saturated heterocycles. The van der Waals surface area contributed by atoms with E-state index >= 15 is 0 Å². The zero-order chi connectivity index (χ0) is 33.7. The molecule has 0 aliphatic carbocycles. The highest BCUT2D eigenvalue weighted by molar-refractivity contribution is 6.35. The number of aryl methyl sites for hydroxylation is 1. The number of H-pyrrole nitrogens is 1. The second-order valence-corrected chi connectivity index (χ2v) is 11.2. The molecule has 1 aliphatic heterocycles. The average molecular weight is 635 g/mol. The molecule has 11 heteroatoms. The van der Waals surface area contributed by atoms with Crippen LogP contribution in [0, 0.1) is 13.8 Å². The number of hydrogen-bond acceptors (Lipinski definition) is 6. The number of carbonyl (C=O) groups is 5. The Morgan fingerprint density at radius 1 is 0.851 bits per heavy atom. The zero-order valence-electron chi connectivity index (χ0n) is 26.0. The highest BCUT2D eigenvalue weighted by Gasteiger charge is 2.29. The Balaban J connectivity index is 1.38. The van der Waals surface area contributed by atoms with Crippen molar-refractivity contribution in [1.82, 2.24) is 15.6 Å². The quantitative estimate of drug-likeness (QED) is 0.123. The Bertz CT molecular complexity index is 1880. The van der Waals surface area contributed by atoms with Gasteiger partial charge in [-0.1, -0.05) is 60.7 Å². The Morgan fingerprint density at radius 3 is 2.04 bits per heavy atom. The number of ether oxygens (including phenoxy) is 1. The summed E-state index contributed by atoms with van der Waals surface area (Å²) in [7, 11) is 1.25. The molecule has 4 aromatic rings. The van der Waals surface area contributed by atoms with Crippen molar-refractivity contribution in [3.8, 4) is 0 Å². The van der Waals surface area contributed by atoms with Crippen LogP contribution in [-0.4, -0.2) is 58.9 Å². The van der Waals surface area contributed by atoms with Gasteiger partial charge in [0.25, 0.3) is 17.7 Å². The third-order valence-corrected chi connectivity index (χ3v) is 8.02. The molecule has 0 fully saturated rings. The first-order valence-corrected chi connectivity index (χ1v) is 14.9. The second-order valence-electron chi connectivity index (χ2n) is 11.2. The van der Waals surface area contributed by atoms with Crippen molar-refractivity contribution in [3.63, 3.8) is 0 Å². The summed E-state index contributed by atoms with van der Waals surface area (Å²) >= 11 is 0. The van der Waals surface area contributed by atoms with Gasteiger partial charge in [-0.2, -0.15) is 0 Å². The Labute approximate surface area is 271 Å². The first-order valence-electron chi connectivity index (χ1n) is 14.9. The third kappa shape index (κ3) is 7.30. The van der Waals surface area contributed by atoms with Gasteiger partial charge in [0.1, 0.15) is 12.1 Å². The number of anilines is 1. The van der Waals surface area contributed by atoms with Crippen LogP contribution in [0.1, 0.15) is 54.4 Å². The van der Waals surface area contributed by atoms with Crippen LogP contribution in [0.15, 0.2) is 78.9 Å². The van der Waals surface area contributed by atoms with Crippen molar-refractivity contribution < 1.29 is 33.8 Å². The normalized spacial score (nSPS) is 14.1. The van der Waals surface area contributed by atoms with Gasteiger partial charge in [-0.25, -0.2) is 9.59 Å². The molecule has 0 saturated carbocycles. The first kappa shape index (κ1) is 32.4. The number of fused-ring (bicyclic) bond motifs is 1. The lowest BCUT2D eigenvalue weighted by Crippen LogP contribution is -2.43. The van der Waals surface area contributed by atoms with Crippen LogP contribution in [-0.2, 0) is 32.0 Å². The highest BCUT2D eigenvalue weighted by Crippen LogP contribution is 2.35. The van der Waals surface area contributed by atoms with Crippen LogP contribution >= 0.6 is 0 Å². The summed E-state index contributed by atoms with van der Waals surface area (Å²) in [5, 5.41) is 17.9. The Kier molecular flexibility index (Phi) is 9.65. The maximum atomic E-state index is 13.3. The minimum atomic E-state index is -1.16. The summed E-state index contributed by atoms with van der Waals surface area (Å²) in [6.07, 6.45) is 1.93. The molecule has 3 amide bonds. The number of aromatic nitrogens is 1. The van der Waals surface area contributed by atoms with Gasteiger partial charge in [0.15, 0.2) is 0 Å². The lowest BCUT2D eigenvalue weighted by molar-refractivity contribution is -0.143. The summed E-state index contributed by atoms with van der Waals surface area (Å²) < 4.78 is 4.91. The lowest BCUT2D eigenvalue weighted by Gasteiger charge is -2.17. The van der Waals surface area contributed by atoms with E-state index in [-0.39, 0.29) is 29.5 Å². The minimum Gasteiger partial charge on any atom is -0.480 e. The number of hydrogen-bond donors (Lipinski definition) is 5. The topological polar surface area (TPSA) is 167 Å². The minimum absolute atomic E-state index is 0.112. The molecule has 240 valence electrons. The fraction of sp³-hybridized carbons (Fsp3) is 0.194. The number of aliphatic carboxylic acids is 1. The van der Waals surface area contributed by atoms with Crippen LogP contribution < -0.4 is 16.0 Å². The predicted octanol–water partition coefficient (Wildman–Crippen LogP) is 4.06. The molecule has 1 aromatic heterocycles. The van der Waals surface area contributed by atoms with E-state index in [4.69, 9.17) is 4.74 Å². The number of esters is 1. The summed E-state index contributed by atoms with van der Waals surface area (Å²) in [5.74, 6) is -3.23. The molecular weight excluding hydrogens is 600 g/mol. The second kappa shape index (κ2) is 14.0. The van der Waals surface area contributed by atoms with Crippen LogP contribution in [0.2, 0.25) is 0 Å². The number of amides is 3. The van der Waals surface area contributed by atoms with E-state index in [2.05, 4.69) is 20.9 Å². The van der Waals surface area contributed by atoms with E-state index in [0.29, 0.717) is 28.2 Å². The standard InChI is InChI=1S/C36H34N4O7/c1-20-28(37-21(2)31(20)34(43)39-29(35(44)45)16-22-10-6-4-7-11-22)19-26-25-18-24(14-15-27(25)38-33(26)42)32(41)40-30(36(46)47-3)17-23-12-8-5-9-13-23/h4-15,18-19,29-30,37H,16-17H2,1-3H3,(H,38,42)(H,39,43)(H,40,41)(H,44,45)/b26-19-/t29-,30?/m1/s1. The molecule has 1 unspecified atom stereocenters. The van der Waals surface area contributed by atoms with Crippen molar-refractivity contribution in [2.75, 3.05) is 12.4 Å².